The van der Waals surface area contributed by atoms with Crippen molar-refractivity contribution in [2.24, 2.45) is 0 Å². The number of benzene rings is 1. The van der Waals surface area contributed by atoms with Gasteiger partial charge in [0.25, 0.3) is 0 Å². The Hall–Kier alpha value is -0.350. The lowest BCUT2D eigenvalue weighted by Gasteiger charge is -2.12. The predicted molar refractivity (Wildman–Crippen MR) is 81.5 cm³/mol. The molecule has 0 fully saturated rings. The Morgan fingerprint density at radius 3 is 2.67 bits per heavy atom. The predicted octanol–water partition coefficient (Wildman–Crippen LogP) is 5.00. The van der Waals surface area contributed by atoms with Crippen molar-refractivity contribution in [1.29, 1.82) is 0 Å². The van der Waals surface area contributed by atoms with E-state index in [9.17, 15) is 5.11 Å². The topological polar surface area (TPSA) is 20.2 Å². The third-order valence-electron chi connectivity index (χ3n) is 2.78. The molecule has 1 N–H and O–H groups in total. The van der Waals surface area contributed by atoms with Crippen molar-refractivity contribution in [2.45, 2.75) is 25.9 Å². The molecule has 0 aliphatic heterocycles. The zero-order valence-corrected chi connectivity index (χ0v) is 13.1. The van der Waals surface area contributed by atoms with E-state index in [1.165, 1.54) is 9.75 Å². The fraction of sp³-hybridized carbons (Fsp3) is 0.286. The Morgan fingerprint density at radius 1 is 1.28 bits per heavy atom. The Kier molecular flexibility index (Phi) is 4.84. The number of hydrogen-bond donors (Lipinski definition) is 1. The van der Waals surface area contributed by atoms with Gasteiger partial charge < -0.3 is 5.11 Å². The van der Waals surface area contributed by atoms with Crippen LogP contribution in [0.5, 0.6) is 0 Å². The highest BCUT2D eigenvalue weighted by atomic mass is 79.9. The molecule has 1 nitrogen and oxygen atoms in total. The average Bonchev–Trinajstić information content (AvgIpc) is 2.80. The molecule has 0 aliphatic carbocycles. The molecule has 0 saturated heterocycles. The molecule has 2 rings (SSSR count). The fourth-order valence-electron chi connectivity index (χ4n) is 1.79. The van der Waals surface area contributed by atoms with Gasteiger partial charge in [-0.2, -0.15) is 0 Å². The van der Waals surface area contributed by atoms with E-state index in [4.69, 9.17) is 11.6 Å². The summed E-state index contributed by atoms with van der Waals surface area (Å²) in [6, 6.07) is 9.70. The van der Waals surface area contributed by atoms with Crippen LogP contribution in [0.4, 0.5) is 0 Å². The minimum absolute atomic E-state index is 0.526. The zero-order valence-electron chi connectivity index (χ0n) is 9.99. The highest BCUT2D eigenvalue weighted by Gasteiger charge is 2.13. The number of aryl methyl sites for hydroxylation is 1. The molecule has 96 valence electrons. The van der Waals surface area contributed by atoms with Crippen LogP contribution in [0.25, 0.3) is 0 Å². The van der Waals surface area contributed by atoms with Crippen molar-refractivity contribution in [1.82, 2.24) is 0 Å². The van der Waals surface area contributed by atoms with Crippen LogP contribution in [0, 0.1) is 0 Å². The zero-order chi connectivity index (χ0) is 13.1. The number of thiophene rings is 1. The van der Waals surface area contributed by atoms with E-state index in [1.807, 2.05) is 18.2 Å². The summed E-state index contributed by atoms with van der Waals surface area (Å²) in [5, 5.41) is 10.9. The van der Waals surface area contributed by atoms with Crippen molar-refractivity contribution in [3.63, 3.8) is 0 Å². The highest BCUT2D eigenvalue weighted by molar-refractivity contribution is 9.10. The van der Waals surface area contributed by atoms with Crippen LogP contribution < -0.4 is 0 Å². The first-order valence-corrected chi connectivity index (χ1v) is 7.79. The molecule has 1 unspecified atom stereocenters. The molecule has 18 heavy (non-hydrogen) atoms. The Bertz CT molecular complexity index is 538. The van der Waals surface area contributed by atoms with Gasteiger partial charge in [0, 0.05) is 25.7 Å². The minimum atomic E-state index is -0.526. The van der Waals surface area contributed by atoms with Crippen molar-refractivity contribution in [2.75, 3.05) is 0 Å². The largest absolute Gasteiger partial charge is 0.388 e. The number of hydrogen-bond acceptors (Lipinski definition) is 2. The van der Waals surface area contributed by atoms with Gasteiger partial charge in [-0.25, -0.2) is 0 Å². The molecule has 0 saturated carbocycles. The molecule has 1 heterocycles. The van der Waals surface area contributed by atoms with E-state index in [2.05, 4.69) is 35.0 Å². The molecule has 2 aromatic rings. The van der Waals surface area contributed by atoms with Crippen molar-refractivity contribution >= 4 is 38.9 Å². The Balaban J connectivity index is 2.16. The third kappa shape index (κ3) is 3.35. The first-order valence-electron chi connectivity index (χ1n) is 5.80. The number of halogens is 2. The van der Waals surface area contributed by atoms with Crippen LogP contribution >= 0.6 is 38.9 Å². The fourth-order valence-corrected chi connectivity index (χ4v) is 3.48. The van der Waals surface area contributed by atoms with Gasteiger partial charge in [0.15, 0.2) is 0 Å². The van der Waals surface area contributed by atoms with Gasteiger partial charge in [-0.15, -0.1) is 11.3 Å². The maximum absolute atomic E-state index is 10.3. The van der Waals surface area contributed by atoms with Gasteiger partial charge in [0.1, 0.15) is 0 Å². The van der Waals surface area contributed by atoms with Crippen LogP contribution in [-0.2, 0) is 12.8 Å². The summed E-state index contributed by atoms with van der Waals surface area (Å²) in [5.74, 6) is 0. The van der Waals surface area contributed by atoms with E-state index in [-0.39, 0.29) is 0 Å². The third-order valence-corrected chi connectivity index (χ3v) is 4.99. The molecule has 1 aromatic carbocycles. The maximum atomic E-state index is 10.3. The summed E-state index contributed by atoms with van der Waals surface area (Å²) in [6.07, 6.45) is 1.15. The summed E-state index contributed by atoms with van der Waals surface area (Å²) in [6.45, 7) is 2.14. The molecule has 4 heteroatoms. The van der Waals surface area contributed by atoms with Crippen LogP contribution in [0.1, 0.15) is 28.3 Å². The van der Waals surface area contributed by atoms with E-state index < -0.39 is 6.10 Å². The monoisotopic (exact) mass is 344 g/mol. The second kappa shape index (κ2) is 6.20. The van der Waals surface area contributed by atoms with Crippen LogP contribution in [0.3, 0.4) is 0 Å². The van der Waals surface area contributed by atoms with Crippen LogP contribution in [0.2, 0.25) is 5.02 Å². The molecule has 0 spiro atoms. The standard InChI is InChI=1S/C14H14BrClOS/c1-2-10-4-5-11(18-10)8-14(17)12-7-9(16)3-6-13(12)15/h3-7,14,17H,2,8H2,1H3. The Labute approximate surface area is 125 Å². The molecular formula is C14H14BrClOS. The van der Waals surface area contributed by atoms with Gasteiger partial charge in [0.2, 0.25) is 0 Å². The lowest BCUT2D eigenvalue weighted by molar-refractivity contribution is 0.178. The average molecular weight is 346 g/mol. The second-order valence-corrected chi connectivity index (χ2v) is 6.65. The van der Waals surface area contributed by atoms with Gasteiger partial charge in [-0.05, 0) is 42.3 Å². The van der Waals surface area contributed by atoms with E-state index in [0.717, 1.165) is 16.5 Å². The molecule has 0 amide bonds. The van der Waals surface area contributed by atoms with E-state index >= 15 is 0 Å². The first kappa shape index (κ1) is 14.1. The minimum Gasteiger partial charge on any atom is -0.388 e. The maximum Gasteiger partial charge on any atom is 0.0849 e. The number of aliphatic hydroxyl groups excluding tert-OH is 1. The summed E-state index contributed by atoms with van der Waals surface area (Å²) < 4.78 is 0.895. The number of rotatable bonds is 4. The quantitative estimate of drug-likeness (QED) is 0.826. The SMILES string of the molecule is CCc1ccc(CC(O)c2cc(Cl)ccc2Br)s1. The molecule has 0 bridgehead atoms. The smallest absolute Gasteiger partial charge is 0.0849 e. The molecule has 0 aliphatic rings. The lowest BCUT2D eigenvalue weighted by atomic mass is 10.1. The summed E-state index contributed by atoms with van der Waals surface area (Å²) in [5.41, 5.74) is 0.842. The summed E-state index contributed by atoms with van der Waals surface area (Å²) >= 11 is 11.2. The number of aliphatic hydroxyl groups is 1. The van der Waals surface area contributed by atoms with Crippen LogP contribution in [0.15, 0.2) is 34.8 Å². The molecule has 1 atom stereocenters. The van der Waals surface area contributed by atoms with Gasteiger partial charge in [-0.1, -0.05) is 34.5 Å². The van der Waals surface area contributed by atoms with Gasteiger partial charge in [-0.3, -0.25) is 0 Å². The van der Waals surface area contributed by atoms with E-state index in [1.54, 1.807) is 11.3 Å². The highest BCUT2D eigenvalue weighted by Crippen LogP contribution is 2.30. The van der Waals surface area contributed by atoms with Crippen molar-refractivity contribution in [3.05, 3.63) is 55.1 Å². The lowest BCUT2D eigenvalue weighted by Crippen LogP contribution is -2.01. The molecule has 1 aromatic heterocycles. The summed E-state index contributed by atoms with van der Waals surface area (Å²) in [7, 11) is 0. The van der Waals surface area contributed by atoms with Crippen LogP contribution in [-0.4, -0.2) is 5.11 Å². The van der Waals surface area contributed by atoms with Gasteiger partial charge in [0.05, 0.1) is 6.10 Å². The summed E-state index contributed by atoms with van der Waals surface area (Å²) in [4.78, 5) is 2.55. The van der Waals surface area contributed by atoms with E-state index in [0.29, 0.717) is 11.4 Å². The van der Waals surface area contributed by atoms with Crippen molar-refractivity contribution < 1.29 is 5.11 Å². The normalized spacial score (nSPS) is 12.7. The molecular weight excluding hydrogens is 332 g/mol. The van der Waals surface area contributed by atoms with Crippen molar-refractivity contribution in [3.8, 4) is 0 Å². The molecule has 0 radical (unpaired) electrons. The van der Waals surface area contributed by atoms with Gasteiger partial charge >= 0.3 is 0 Å². The first-order chi connectivity index (χ1) is 8.60. The Morgan fingerprint density at radius 2 is 2.00 bits per heavy atom. The second-order valence-electron chi connectivity index (χ2n) is 4.11.